The molecule has 0 radical (unpaired) electrons. The molecule has 0 saturated carbocycles. The zero-order valence-corrected chi connectivity index (χ0v) is 8.57. The Morgan fingerprint density at radius 2 is 2.25 bits per heavy atom. The van der Waals surface area contributed by atoms with E-state index in [4.69, 9.17) is 17.3 Å². The molecule has 1 atom stereocenters. The maximum absolute atomic E-state index is 12.2. The number of hydrogen-bond donors (Lipinski definition) is 1. The number of hydrogen-bond acceptors (Lipinski definition) is 1. The second kappa shape index (κ2) is 4.21. The van der Waals surface area contributed by atoms with Crippen molar-refractivity contribution in [3.8, 4) is 0 Å². The lowest BCUT2D eigenvalue weighted by molar-refractivity contribution is 0.437. The molecule has 1 aromatic rings. The van der Waals surface area contributed by atoms with Gasteiger partial charge in [-0.05, 0) is 17.7 Å². The van der Waals surface area contributed by atoms with Crippen molar-refractivity contribution in [3.05, 3.63) is 33.3 Å². The molecule has 1 rings (SSSR count). The first-order valence-electron chi connectivity index (χ1n) is 3.41. The van der Waals surface area contributed by atoms with Gasteiger partial charge in [0.05, 0.1) is 6.04 Å². The zero-order valence-electron chi connectivity index (χ0n) is 6.23. The fourth-order valence-corrected chi connectivity index (χ4v) is 1.70. The lowest BCUT2D eigenvalue weighted by Gasteiger charge is -2.09. The molecular weight excluding hydrogens is 244 g/mol. The molecule has 0 fully saturated rings. The molecule has 0 aliphatic carbocycles. The highest BCUT2D eigenvalue weighted by atomic mass is 79.9. The third-order valence-corrected chi connectivity index (χ3v) is 2.35. The monoisotopic (exact) mass is 251 g/mol. The molecule has 2 N–H and O–H groups in total. The van der Waals surface area contributed by atoms with Crippen molar-refractivity contribution < 1.29 is 4.39 Å². The third-order valence-electron chi connectivity index (χ3n) is 1.53. The van der Waals surface area contributed by atoms with Gasteiger partial charge in [0.25, 0.3) is 0 Å². The summed E-state index contributed by atoms with van der Waals surface area (Å²) >= 11 is 9.07. The highest BCUT2D eigenvalue weighted by molar-refractivity contribution is 9.10. The van der Waals surface area contributed by atoms with Gasteiger partial charge in [0.2, 0.25) is 0 Å². The minimum absolute atomic E-state index is 0.495. The van der Waals surface area contributed by atoms with Gasteiger partial charge in [-0.3, -0.25) is 0 Å². The van der Waals surface area contributed by atoms with Gasteiger partial charge in [0.15, 0.2) is 0 Å². The minimum Gasteiger partial charge on any atom is -0.322 e. The van der Waals surface area contributed by atoms with Crippen molar-refractivity contribution in [2.45, 2.75) is 6.04 Å². The first kappa shape index (κ1) is 9.96. The van der Waals surface area contributed by atoms with Crippen LogP contribution in [0.2, 0.25) is 5.02 Å². The van der Waals surface area contributed by atoms with Crippen molar-refractivity contribution in [1.29, 1.82) is 0 Å². The molecule has 1 unspecified atom stereocenters. The number of halogens is 3. The maximum atomic E-state index is 12.2. The van der Waals surface area contributed by atoms with Crippen molar-refractivity contribution in [1.82, 2.24) is 0 Å². The Morgan fingerprint density at radius 1 is 1.58 bits per heavy atom. The normalized spacial score (nSPS) is 13.0. The van der Waals surface area contributed by atoms with Gasteiger partial charge < -0.3 is 5.73 Å². The molecule has 0 spiro atoms. The summed E-state index contributed by atoms with van der Waals surface area (Å²) in [6.45, 7) is -0.596. The van der Waals surface area contributed by atoms with E-state index in [1.165, 1.54) is 0 Å². The Morgan fingerprint density at radius 3 is 2.75 bits per heavy atom. The van der Waals surface area contributed by atoms with Crippen molar-refractivity contribution in [2.75, 3.05) is 6.67 Å². The van der Waals surface area contributed by atoms with Crippen LogP contribution in [0.5, 0.6) is 0 Å². The van der Waals surface area contributed by atoms with Crippen LogP contribution in [0.3, 0.4) is 0 Å². The van der Waals surface area contributed by atoms with Gasteiger partial charge in [-0.25, -0.2) is 4.39 Å². The predicted molar refractivity (Wildman–Crippen MR) is 52.1 cm³/mol. The van der Waals surface area contributed by atoms with E-state index in [1.54, 1.807) is 18.2 Å². The summed E-state index contributed by atoms with van der Waals surface area (Å²) in [4.78, 5) is 0. The van der Waals surface area contributed by atoms with E-state index >= 15 is 0 Å². The number of benzene rings is 1. The summed E-state index contributed by atoms with van der Waals surface area (Å²) in [7, 11) is 0. The highest BCUT2D eigenvalue weighted by Crippen LogP contribution is 2.25. The summed E-state index contributed by atoms with van der Waals surface area (Å²) in [5.41, 5.74) is 6.11. The van der Waals surface area contributed by atoms with Crippen molar-refractivity contribution in [3.63, 3.8) is 0 Å². The lowest BCUT2D eigenvalue weighted by atomic mass is 10.1. The van der Waals surface area contributed by atoms with Gasteiger partial charge in [-0.2, -0.15) is 0 Å². The molecule has 4 heteroatoms. The summed E-state index contributed by atoms with van der Waals surface area (Å²) in [5.74, 6) is 0. The van der Waals surface area contributed by atoms with E-state index in [9.17, 15) is 4.39 Å². The van der Waals surface area contributed by atoms with Crippen LogP contribution in [-0.2, 0) is 0 Å². The highest BCUT2D eigenvalue weighted by Gasteiger charge is 2.09. The van der Waals surface area contributed by atoms with Crippen LogP contribution < -0.4 is 5.73 Å². The van der Waals surface area contributed by atoms with Crippen LogP contribution in [0.4, 0.5) is 4.39 Å². The van der Waals surface area contributed by atoms with Crippen LogP contribution in [0.25, 0.3) is 0 Å². The molecule has 66 valence electrons. The number of rotatable bonds is 2. The molecule has 0 amide bonds. The Balaban J connectivity index is 3.01. The fourth-order valence-electron chi connectivity index (χ4n) is 0.885. The first-order chi connectivity index (χ1) is 5.65. The lowest BCUT2D eigenvalue weighted by Crippen LogP contribution is -2.12. The van der Waals surface area contributed by atoms with Crippen molar-refractivity contribution >= 4 is 27.5 Å². The van der Waals surface area contributed by atoms with Gasteiger partial charge in [-0.1, -0.05) is 33.6 Å². The van der Waals surface area contributed by atoms with Crippen LogP contribution in [0.1, 0.15) is 11.6 Å². The molecule has 0 aromatic heterocycles. The van der Waals surface area contributed by atoms with Gasteiger partial charge in [0, 0.05) is 9.50 Å². The zero-order chi connectivity index (χ0) is 9.14. The Labute approximate surface area is 83.8 Å². The van der Waals surface area contributed by atoms with E-state index in [1.807, 2.05) is 0 Å². The van der Waals surface area contributed by atoms with Crippen LogP contribution >= 0.6 is 27.5 Å². The minimum atomic E-state index is -0.620. The van der Waals surface area contributed by atoms with Gasteiger partial charge in [-0.15, -0.1) is 0 Å². The third kappa shape index (κ3) is 2.19. The van der Waals surface area contributed by atoms with Crippen LogP contribution in [0.15, 0.2) is 22.7 Å². The van der Waals surface area contributed by atoms with E-state index in [0.29, 0.717) is 10.6 Å². The molecule has 0 aliphatic rings. The Bertz CT molecular complexity index is 280. The maximum Gasteiger partial charge on any atom is 0.109 e. The molecule has 0 aliphatic heterocycles. The number of nitrogens with two attached hydrogens (primary N) is 1. The molecular formula is C8H8BrClFN. The fraction of sp³-hybridized carbons (Fsp3) is 0.250. The summed E-state index contributed by atoms with van der Waals surface area (Å²) < 4.78 is 13.0. The molecule has 0 bridgehead atoms. The summed E-state index contributed by atoms with van der Waals surface area (Å²) in [5, 5.41) is 0.495. The standard InChI is InChI=1S/C8H8BrClFN/c9-5-1-2-6(7(10)3-5)8(12)4-11/h1-3,8H,4,12H2. The van der Waals surface area contributed by atoms with Crippen LogP contribution in [0, 0.1) is 0 Å². The quantitative estimate of drug-likeness (QED) is 0.860. The van der Waals surface area contributed by atoms with Crippen LogP contribution in [-0.4, -0.2) is 6.67 Å². The largest absolute Gasteiger partial charge is 0.322 e. The molecule has 0 saturated heterocycles. The average Bonchev–Trinajstić information content (AvgIpc) is 2.03. The molecule has 1 nitrogen and oxygen atoms in total. The van der Waals surface area contributed by atoms with Gasteiger partial charge >= 0.3 is 0 Å². The van der Waals surface area contributed by atoms with E-state index in [-0.39, 0.29) is 0 Å². The Hall–Kier alpha value is -0.120. The Kier molecular flexibility index (Phi) is 3.50. The topological polar surface area (TPSA) is 26.0 Å². The average molecular weight is 253 g/mol. The molecule has 0 heterocycles. The second-order valence-electron chi connectivity index (χ2n) is 2.43. The van der Waals surface area contributed by atoms with E-state index in [0.717, 1.165) is 4.47 Å². The molecule has 1 aromatic carbocycles. The SMILES string of the molecule is NC(CF)c1ccc(Br)cc1Cl. The predicted octanol–water partition coefficient (Wildman–Crippen LogP) is 3.07. The van der Waals surface area contributed by atoms with Gasteiger partial charge in [0.1, 0.15) is 6.67 Å². The van der Waals surface area contributed by atoms with Crippen molar-refractivity contribution in [2.24, 2.45) is 5.73 Å². The number of alkyl halides is 1. The van der Waals surface area contributed by atoms with E-state index < -0.39 is 12.7 Å². The molecule has 12 heavy (non-hydrogen) atoms. The second-order valence-corrected chi connectivity index (χ2v) is 3.75. The summed E-state index contributed by atoms with van der Waals surface area (Å²) in [6.07, 6.45) is 0. The van der Waals surface area contributed by atoms with E-state index in [2.05, 4.69) is 15.9 Å². The smallest absolute Gasteiger partial charge is 0.109 e. The first-order valence-corrected chi connectivity index (χ1v) is 4.58. The summed E-state index contributed by atoms with van der Waals surface area (Å²) in [6, 6.07) is 4.59.